The summed E-state index contributed by atoms with van der Waals surface area (Å²) in [4.78, 5) is 28.1. The van der Waals surface area contributed by atoms with Crippen LogP contribution in [0.1, 0.15) is 25.6 Å². The maximum Gasteiger partial charge on any atom is 0.265 e. The number of morpholine rings is 1. The average Bonchev–Trinajstić information content (AvgIpc) is 3.31. The molecule has 1 saturated heterocycles. The molecule has 4 rings (SSSR count). The van der Waals surface area contributed by atoms with Crippen LogP contribution in [-0.2, 0) is 11.3 Å². The molecule has 1 fully saturated rings. The van der Waals surface area contributed by atoms with Crippen molar-refractivity contribution >= 4 is 34.5 Å². The lowest BCUT2D eigenvalue weighted by Gasteiger charge is -2.26. The fraction of sp³-hybridized carbons (Fsp3) is 0.217. The summed E-state index contributed by atoms with van der Waals surface area (Å²) < 4.78 is 5.38. The van der Waals surface area contributed by atoms with E-state index in [4.69, 9.17) is 4.74 Å². The van der Waals surface area contributed by atoms with Crippen LogP contribution in [0.15, 0.2) is 66.0 Å². The Labute approximate surface area is 179 Å². The Bertz CT molecular complexity index is 997. The highest BCUT2D eigenvalue weighted by Crippen LogP contribution is 2.20. The van der Waals surface area contributed by atoms with Gasteiger partial charge in [-0.05, 0) is 41.3 Å². The number of carbonyl (C=O) groups excluding carboxylic acids is 2. The van der Waals surface area contributed by atoms with E-state index in [1.165, 1.54) is 16.9 Å². The van der Waals surface area contributed by atoms with E-state index in [0.717, 1.165) is 32.8 Å². The Balaban J connectivity index is 1.40. The van der Waals surface area contributed by atoms with Gasteiger partial charge in [-0.3, -0.25) is 14.5 Å². The van der Waals surface area contributed by atoms with Gasteiger partial charge in [-0.25, -0.2) is 0 Å². The first-order chi connectivity index (χ1) is 14.7. The Morgan fingerprint density at radius 3 is 2.40 bits per heavy atom. The van der Waals surface area contributed by atoms with Crippen molar-refractivity contribution in [2.75, 3.05) is 36.9 Å². The number of nitrogens with one attached hydrogen (secondary N) is 2. The third-order valence-corrected chi connectivity index (χ3v) is 5.76. The standard InChI is InChI=1S/C23H23N3O3S/c27-22(19-4-1-2-5-20(19)25-23(28)21-6-3-15-30-21)24-18-9-7-17(8-10-18)16-26-11-13-29-14-12-26/h1-10,15H,11-14,16H2,(H,24,27)(H,25,28). The first-order valence-corrected chi connectivity index (χ1v) is 10.7. The molecule has 6 nitrogen and oxygen atoms in total. The van der Waals surface area contributed by atoms with Gasteiger partial charge in [-0.2, -0.15) is 0 Å². The molecule has 0 unspecified atom stereocenters. The molecule has 2 amide bonds. The zero-order valence-electron chi connectivity index (χ0n) is 16.5. The normalized spacial score (nSPS) is 14.3. The molecular formula is C23H23N3O3S. The lowest BCUT2D eigenvalue weighted by Crippen LogP contribution is -2.35. The molecule has 3 aromatic rings. The van der Waals surface area contributed by atoms with Crippen molar-refractivity contribution in [2.24, 2.45) is 0 Å². The monoisotopic (exact) mass is 421 g/mol. The largest absolute Gasteiger partial charge is 0.379 e. The van der Waals surface area contributed by atoms with Crippen molar-refractivity contribution in [3.8, 4) is 0 Å². The average molecular weight is 422 g/mol. The number of benzene rings is 2. The lowest BCUT2D eigenvalue weighted by molar-refractivity contribution is 0.0342. The fourth-order valence-electron chi connectivity index (χ4n) is 3.29. The van der Waals surface area contributed by atoms with Crippen molar-refractivity contribution in [2.45, 2.75) is 6.54 Å². The zero-order chi connectivity index (χ0) is 20.8. The van der Waals surface area contributed by atoms with E-state index in [1.807, 2.05) is 35.7 Å². The summed E-state index contributed by atoms with van der Waals surface area (Å²) in [5, 5.41) is 7.59. The zero-order valence-corrected chi connectivity index (χ0v) is 17.3. The van der Waals surface area contributed by atoms with E-state index in [-0.39, 0.29) is 11.8 Å². The summed E-state index contributed by atoms with van der Waals surface area (Å²) in [6.45, 7) is 4.29. The second kappa shape index (κ2) is 9.67. The van der Waals surface area contributed by atoms with E-state index in [1.54, 1.807) is 30.3 Å². The molecule has 30 heavy (non-hydrogen) atoms. The molecule has 0 bridgehead atoms. The molecule has 2 N–H and O–H groups in total. The molecular weight excluding hydrogens is 398 g/mol. The van der Waals surface area contributed by atoms with Crippen molar-refractivity contribution in [1.29, 1.82) is 0 Å². The van der Waals surface area contributed by atoms with Gasteiger partial charge in [0.1, 0.15) is 0 Å². The number of ether oxygens (including phenoxy) is 1. The van der Waals surface area contributed by atoms with Crippen LogP contribution in [0.2, 0.25) is 0 Å². The highest BCUT2D eigenvalue weighted by Gasteiger charge is 2.15. The van der Waals surface area contributed by atoms with Gasteiger partial charge in [0.05, 0.1) is 29.3 Å². The summed E-state index contributed by atoms with van der Waals surface area (Å²) >= 11 is 1.36. The number of anilines is 2. The first kappa shape index (κ1) is 20.3. The highest BCUT2D eigenvalue weighted by atomic mass is 32.1. The number of amides is 2. The van der Waals surface area contributed by atoms with Gasteiger partial charge < -0.3 is 15.4 Å². The second-order valence-corrected chi connectivity index (χ2v) is 7.96. The van der Waals surface area contributed by atoms with Crippen LogP contribution in [-0.4, -0.2) is 43.0 Å². The van der Waals surface area contributed by atoms with Crippen LogP contribution in [0, 0.1) is 0 Å². The minimum absolute atomic E-state index is 0.224. The van der Waals surface area contributed by atoms with Crippen LogP contribution in [0.3, 0.4) is 0 Å². The van der Waals surface area contributed by atoms with Crippen LogP contribution >= 0.6 is 11.3 Å². The third-order valence-electron chi connectivity index (χ3n) is 4.89. The Kier molecular flexibility index (Phi) is 6.53. The molecule has 154 valence electrons. The summed E-state index contributed by atoms with van der Waals surface area (Å²) in [6.07, 6.45) is 0. The molecule has 0 atom stereocenters. The lowest BCUT2D eigenvalue weighted by atomic mass is 10.1. The smallest absolute Gasteiger partial charge is 0.265 e. The van der Waals surface area contributed by atoms with Crippen molar-refractivity contribution in [3.05, 3.63) is 82.0 Å². The summed E-state index contributed by atoms with van der Waals surface area (Å²) in [7, 11) is 0. The first-order valence-electron chi connectivity index (χ1n) is 9.83. The van der Waals surface area contributed by atoms with E-state index >= 15 is 0 Å². The number of para-hydroxylation sites is 1. The summed E-state index contributed by atoms with van der Waals surface area (Å²) in [5.41, 5.74) is 2.81. The van der Waals surface area contributed by atoms with Crippen molar-refractivity contribution in [3.63, 3.8) is 0 Å². The van der Waals surface area contributed by atoms with Gasteiger partial charge >= 0.3 is 0 Å². The highest BCUT2D eigenvalue weighted by molar-refractivity contribution is 7.12. The Hall–Kier alpha value is -3.00. The quantitative estimate of drug-likeness (QED) is 0.629. The predicted octanol–water partition coefficient (Wildman–Crippen LogP) is 4.08. The number of thiophene rings is 1. The minimum Gasteiger partial charge on any atom is -0.379 e. The molecule has 1 aromatic heterocycles. The van der Waals surface area contributed by atoms with Gasteiger partial charge in [0, 0.05) is 25.3 Å². The van der Waals surface area contributed by atoms with Crippen molar-refractivity contribution < 1.29 is 14.3 Å². The number of hydrogen-bond donors (Lipinski definition) is 2. The molecule has 2 aromatic carbocycles. The molecule has 0 saturated carbocycles. The molecule has 0 radical (unpaired) electrons. The van der Waals surface area contributed by atoms with Gasteiger partial charge in [0.2, 0.25) is 0 Å². The van der Waals surface area contributed by atoms with Gasteiger partial charge in [0.15, 0.2) is 0 Å². The maximum atomic E-state index is 12.8. The van der Waals surface area contributed by atoms with Crippen LogP contribution in [0.4, 0.5) is 11.4 Å². The minimum atomic E-state index is -0.266. The SMILES string of the molecule is O=C(Nc1ccccc1C(=O)Nc1ccc(CN2CCOCC2)cc1)c1cccs1. The number of rotatable bonds is 6. The number of nitrogens with zero attached hydrogens (tertiary/aromatic N) is 1. The number of hydrogen-bond acceptors (Lipinski definition) is 5. The van der Waals surface area contributed by atoms with Gasteiger partial charge in [0.25, 0.3) is 11.8 Å². The van der Waals surface area contributed by atoms with Crippen LogP contribution in [0.5, 0.6) is 0 Å². The topological polar surface area (TPSA) is 70.7 Å². The second-order valence-electron chi connectivity index (χ2n) is 7.02. The fourth-order valence-corrected chi connectivity index (χ4v) is 3.91. The van der Waals surface area contributed by atoms with E-state index in [2.05, 4.69) is 15.5 Å². The van der Waals surface area contributed by atoms with Crippen LogP contribution < -0.4 is 10.6 Å². The molecule has 1 aliphatic heterocycles. The van der Waals surface area contributed by atoms with Gasteiger partial charge in [-0.1, -0.05) is 30.3 Å². The number of carbonyl (C=O) groups is 2. The Morgan fingerprint density at radius 1 is 0.900 bits per heavy atom. The van der Waals surface area contributed by atoms with E-state index < -0.39 is 0 Å². The predicted molar refractivity (Wildman–Crippen MR) is 119 cm³/mol. The van der Waals surface area contributed by atoms with E-state index in [9.17, 15) is 9.59 Å². The molecule has 1 aliphatic rings. The third kappa shape index (κ3) is 5.13. The van der Waals surface area contributed by atoms with Crippen molar-refractivity contribution in [1.82, 2.24) is 4.90 Å². The molecule has 0 aliphatic carbocycles. The van der Waals surface area contributed by atoms with Gasteiger partial charge in [-0.15, -0.1) is 11.3 Å². The summed E-state index contributed by atoms with van der Waals surface area (Å²) in [6, 6.07) is 18.4. The van der Waals surface area contributed by atoms with E-state index in [0.29, 0.717) is 21.8 Å². The van der Waals surface area contributed by atoms with Crippen LogP contribution in [0.25, 0.3) is 0 Å². The molecule has 2 heterocycles. The molecule has 7 heteroatoms. The Morgan fingerprint density at radius 2 is 1.67 bits per heavy atom. The maximum absolute atomic E-state index is 12.8. The summed E-state index contributed by atoms with van der Waals surface area (Å²) in [5.74, 6) is -0.490. The molecule has 0 spiro atoms.